The predicted octanol–water partition coefficient (Wildman–Crippen LogP) is 2.70. The molecule has 0 aliphatic rings. The van der Waals surface area contributed by atoms with Crippen LogP contribution in [0.4, 0.5) is 11.4 Å². The van der Waals surface area contributed by atoms with Crippen molar-refractivity contribution in [3.63, 3.8) is 0 Å². The van der Waals surface area contributed by atoms with Crippen LogP contribution in [-0.2, 0) is 0 Å². The van der Waals surface area contributed by atoms with E-state index in [0.29, 0.717) is 28.3 Å². The minimum Gasteiger partial charge on any atom is -0.496 e. The van der Waals surface area contributed by atoms with Gasteiger partial charge in [0.2, 0.25) is 0 Å². The van der Waals surface area contributed by atoms with Gasteiger partial charge in [-0.3, -0.25) is 4.79 Å². The Morgan fingerprint density at radius 1 is 1.11 bits per heavy atom. The van der Waals surface area contributed by atoms with Crippen molar-refractivity contribution in [2.24, 2.45) is 0 Å². The first kappa shape index (κ1) is 13.7. The molecule has 0 fully saturated rings. The van der Waals surface area contributed by atoms with Gasteiger partial charge in [-0.2, -0.15) is 0 Å². The molecule has 98 valence electrons. The molecule has 5 heteroatoms. The number of nitrogen functional groups attached to an aromatic ring is 2. The van der Waals surface area contributed by atoms with E-state index in [-0.39, 0.29) is 5.78 Å². The molecule has 0 aliphatic heterocycles. The monoisotopic (exact) mass is 368 g/mol. The van der Waals surface area contributed by atoms with Gasteiger partial charge in [-0.25, -0.2) is 0 Å². The standard InChI is InChI=1S/C14H13IN2O2/c1-19-13-5-2-8(15)6-11(13)14(18)10-4-3-9(16)7-12(10)17/h2-7H,16-17H2,1H3. The molecule has 2 aromatic rings. The lowest BCUT2D eigenvalue weighted by atomic mass is 10.0. The van der Waals surface area contributed by atoms with Crippen LogP contribution >= 0.6 is 22.6 Å². The molecule has 0 aliphatic carbocycles. The van der Waals surface area contributed by atoms with Crippen LogP contribution in [0.15, 0.2) is 36.4 Å². The van der Waals surface area contributed by atoms with Crippen molar-refractivity contribution in [1.82, 2.24) is 0 Å². The van der Waals surface area contributed by atoms with E-state index in [9.17, 15) is 4.79 Å². The topological polar surface area (TPSA) is 78.3 Å². The molecule has 4 N–H and O–H groups in total. The maximum atomic E-state index is 12.5. The number of hydrogen-bond donors (Lipinski definition) is 2. The highest BCUT2D eigenvalue weighted by molar-refractivity contribution is 14.1. The zero-order valence-corrected chi connectivity index (χ0v) is 12.5. The fourth-order valence-electron chi connectivity index (χ4n) is 1.79. The summed E-state index contributed by atoms with van der Waals surface area (Å²) >= 11 is 2.15. The summed E-state index contributed by atoms with van der Waals surface area (Å²) in [6, 6.07) is 10.3. The molecule has 0 saturated carbocycles. The molecule has 0 unspecified atom stereocenters. The summed E-state index contributed by atoms with van der Waals surface area (Å²) in [4.78, 5) is 12.5. The lowest BCUT2D eigenvalue weighted by Crippen LogP contribution is -2.08. The summed E-state index contributed by atoms with van der Waals surface area (Å²) < 4.78 is 6.17. The lowest BCUT2D eigenvalue weighted by Gasteiger charge is -2.10. The quantitative estimate of drug-likeness (QED) is 0.496. The van der Waals surface area contributed by atoms with Gasteiger partial charge in [-0.15, -0.1) is 0 Å². The zero-order chi connectivity index (χ0) is 14.0. The summed E-state index contributed by atoms with van der Waals surface area (Å²) in [5.74, 6) is 0.356. The molecular weight excluding hydrogens is 355 g/mol. The zero-order valence-electron chi connectivity index (χ0n) is 10.3. The molecule has 2 rings (SSSR count). The van der Waals surface area contributed by atoms with Crippen LogP contribution in [0.2, 0.25) is 0 Å². The Bertz CT molecular complexity index is 641. The van der Waals surface area contributed by atoms with Gasteiger partial charge in [0.15, 0.2) is 5.78 Å². The average Bonchev–Trinajstić information content (AvgIpc) is 2.38. The predicted molar refractivity (Wildman–Crippen MR) is 84.4 cm³/mol. The molecule has 2 aromatic carbocycles. The Kier molecular flexibility index (Phi) is 3.94. The Hall–Kier alpha value is -1.76. The minimum absolute atomic E-state index is 0.173. The largest absolute Gasteiger partial charge is 0.496 e. The van der Waals surface area contributed by atoms with Crippen molar-refractivity contribution in [1.29, 1.82) is 0 Å². The van der Waals surface area contributed by atoms with E-state index in [2.05, 4.69) is 22.6 Å². The van der Waals surface area contributed by atoms with E-state index in [1.54, 1.807) is 30.3 Å². The van der Waals surface area contributed by atoms with Crippen molar-refractivity contribution < 1.29 is 9.53 Å². The molecule has 0 bridgehead atoms. The van der Waals surface area contributed by atoms with Crippen molar-refractivity contribution in [3.05, 3.63) is 51.1 Å². The highest BCUT2D eigenvalue weighted by atomic mass is 127. The van der Waals surface area contributed by atoms with Crippen molar-refractivity contribution in [3.8, 4) is 5.75 Å². The van der Waals surface area contributed by atoms with E-state index in [4.69, 9.17) is 16.2 Å². The lowest BCUT2D eigenvalue weighted by molar-refractivity contribution is 0.103. The molecule has 19 heavy (non-hydrogen) atoms. The number of ketones is 1. The molecule has 4 nitrogen and oxygen atoms in total. The summed E-state index contributed by atoms with van der Waals surface area (Å²) in [6.45, 7) is 0. The summed E-state index contributed by atoms with van der Waals surface area (Å²) in [7, 11) is 1.53. The first-order valence-corrected chi connectivity index (χ1v) is 6.64. The van der Waals surface area contributed by atoms with Gasteiger partial charge in [0, 0.05) is 20.5 Å². The Morgan fingerprint density at radius 2 is 1.84 bits per heavy atom. The molecule has 0 atom stereocenters. The fourth-order valence-corrected chi connectivity index (χ4v) is 2.28. The highest BCUT2D eigenvalue weighted by Gasteiger charge is 2.17. The first-order valence-electron chi connectivity index (χ1n) is 5.56. The van der Waals surface area contributed by atoms with Gasteiger partial charge in [0.1, 0.15) is 5.75 Å². The highest BCUT2D eigenvalue weighted by Crippen LogP contribution is 2.26. The number of carbonyl (C=O) groups excluding carboxylic acids is 1. The molecule has 0 saturated heterocycles. The Labute approximate surface area is 124 Å². The van der Waals surface area contributed by atoms with Crippen LogP contribution < -0.4 is 16.2 Å². The van der Waals surface area contributed by atoms with Crippen LogP contribution in [0.1, 0.15) is 15.9 Å². The van der Waals surface area contributed by atoms with Crippen molar-refractivity contribution in [2.75, 3.05) is 18.6 Å². The average molecular weight is 368 g/mol. The van der Waals surface area contributed by atoms with E-state index in [1.165, 1.54) is 7.11 Å². The summed E-state index contributed by atoms with van der Waals surface area (Å²) in [5, 5.41) is 0. The third-order valence-corrected chi connectivity index (χ3v) is 3.40. The number of halogens is 1. The number of methoxy groups -OCH3 is 1. The molecule has 0 heterocycles. The van der Waals surface area contributed by atoms with Gasteiger partial charge in [-0.1, -0.05) is 0 Å². The smallest absolute Gasteiger partial charge is 0.198 e. The second-order valence-corrected chi connectivity index (χ2v) is 5.27. The van der Waals surface area contributed by atoms with Crippen LogP contribution in [0.25, 0.3) is 0 Å². The van der Waals surface area contributed by atoms with Crippen molar-refractivity contribution in [2.45, 2.75) is 0 Å². The van der Waals surface area contributed by atoms with E-state index in [0.717, 1.165) is 3.57 Å². The minimum atomic E-state index is -0.173. The summed E-state index contributed by atoms with van der Waals surface area (Å²) in [5.41, 5.74) is 13.3. The number of hydrogen-bond acceptors (Lipinski definition) is 4. The first-order chi connectivity index (χ1) is 9.02. The number of anilines is 2. The maximum Gasteiger partial charge on any atom is 0.198 e. The van der Waals surface area contributed by atoms with Crippen molar-refractivity contribution >= 4 is 39.7 Å². The van der Waals surface area contributed by atoms with Crippen LogP contribution in [0.3, 0.4) is 0 Å². The fraction of sp³-hybridized carbons (Fsp3) is 0.0714. The second kappa shape index (κ2) is 5.48. The Balaban J connectivity index is 2.52. The van der Waals surface area contributed by atoms with Gasteiger partial charge in [0.25, 0.3) is 0 Å². The van der Waals surface area contributed by atoms with E-state index < -0.39 is 0 Å². The number of nitrogens with two attached hydrogens (primary N) is 2. The number of benzene rings is 2. The molecule has 0 radical (unpaired) electrons. The van der Waals surface area contributed by atoms with Gasteiger partial charge in [0.05, 0.1) is 12.7 Å². The van der Waals surface area contributed by atoms with E-state index in [1.807, 2.05) is 6.07 Å². The molecule has 0 amide bonds. The number of rotatable bonds is 3. The molecule has 0 spiro atoms. The van der Waals surface area contributed by atoms with Crippen LogP contribution in [0, 0.1) is 3.57 Å². The van der Waals surface area contributed by atoms with Crippen LogP contribution in [0.5, 0.6) is 5.75 Å². The molecular formula is C14H13IN2O2. The third kappa shape index (κ3) is 2.81. The SMILES string of the molecule is COc1ccc(I)cc1C(=O)c1ccc(N)cc1N. The summed E-state index contributed by atoms with van der Waals surface area (Å²) in [6.07, 6.45) is 0. The number of ether oxygens (including phenoxy) is 1. The Morgan fingerprint density at radius 3 is 2.47 bits per heavy atom. The molecule has 0 aromatic heterocycles. The third-order valence-electron chi connectivity index (χ3n) is 2.73. The van der Waals surface area contributed by atoms with E-state index >= 15 is 0 Å². The maximum absolute atomic E-state index is 12.5. The normalized spacial score (nSPS) is 10.2. The van der Waals surface area contributed by atoms with Gasteiger partial charge < -0.3 is 16.2 Å². The number of carbonyl (C=O) groups is 1. The van der Waals surface area contributed by atoms with Crippen LogP contribution in [-0.4, -0.2) is 12.9 Å². The van der Waals surface area contributed by atoms with Gasteiger partial charge >= 0.3 is 0 Å². The second-order valence-electron chi connectivity index (χ2n) is 4.02. The van der Waals surface area contributed by atoms with Gasteiger partial charge in [-0.05, 0) is 59.0 Å².